The van der Waals surface area contributed by atoms with Crippen LogP contribution in [0.15, 0.2) is 30.3 Å². The normalized spacial score (nSPS) is 11.1. The van der Waals surface area contributed by atoms with E-state index in [1.807, 2.05) is 30.3 Å². The van der Waals surface area contributed by atoms with E-state index >= 15 is 0 Å². The number of hydrogen-bond donors (Lipinski definition) is 0. The predicted molar refractivity (Wildman–Crippen MR) is 70.9 cm³/mol. The van der Waals surface area contributed by atoms with Crippen LogP contribution in [0.5, 0.6) is 0 Å². The molecule has 0 saturated carbocycles. The zero-order chi connectivity index (χ0) is 14.3. The molecular formula is C12H18NO5P. The van der Waals surface area contributed by atoms with E-state index in [-0.39, 0.29) is 12.9 Å². The average Bonchev–Trinajstić information content (AvgIpc) is 2.45. The summed E-state index contributed by atoms with van der Waals surface area (Å²) in [6, 6.07) is 9.30. The van der Waals surface area contributed by atoms with Gasteiger partial charge in [-0.3, -0.25) is 9.46 Å². The van der Waals surface area contributed by atoms with Crippen LogP contribution in [0.3, 0.4) is 0 Å². The van der Waals surface area contributed by atoms with Crippen LogP contribution in [0, 0.1) is 0 Å². The molecule has 1 rings (SSSR count). The van der Waals surface area contributed by atoms with Gasteiger partial charge in [-0.1, -0.05) is 30.3 Å². The lowest BCUT2D eigenvalue weighted by Gasteiger charge is -2.21. The Labute approximate surface area is 112 Å². The summed E-state index contributed by atoms with van der Waals surface area (Å²) >= 11 is 0. The minimum atomic E-state index is -3.26. The average molecular weight is 287 g/mol. The third kappa shape index (κ3) is 5.03. The van der Waals surface area contributed by atoms with Crippen molar-refractivity contribution in [3.63, 3.8) is 0 Å². The Kier molecular flexibility index (Phi) is 6.02. The molecule has 0 radical (unpaired) electrons. The van der Waals surface area contributed by atoms with Crippen molar-refractivity contribution < 1.29 is 23.1 Å². The van der Waals surface area contributed by atoms with Crippen LogP contribution in [-0.4, -0.2) is 38.5 Å². The Morgan fingerprint density at radius 2 is 1.79 bits per heavy atom. The first-order valence-corrected chi connectivity index (χ1v) is 7.36. The molecule has 0 spiro atoms. The van der Waals surface area contributed by atoms with Crippen molar-refractivity contribution in [3.05, 3.63) is 35.9 Å². The molecule has 0 fully saturated rings. The highest BCUT2D eigenvalue weighted by molar-refractivity contribution is 7.53. The predicted octanol–water partition coefficient (Wildman–Crippen LogP) is 2.70. The first-order chi connectivity index (χ1) is 9.00. The number of carbonyl (C=O) groups is 1. The number of rotatable bonds is 6. The summed E-state index contributed by atoms with van der Waals surface area (Å²) in [5.74, 6) is 0. The van der Waals surface area contributed by atoms with Gasteiger partial charge in [0.25, 0.3) is 0 Å². The van der Waals surface area contributed by atoms with Crippen LogP contribution in [0.1, 0.15) is 5.56 Å². The van der Waals surface area contributed by atoms with E-state index in [0.717, 1.165) is 10.5 Å². The van der Waals surface area contributed by atoms with Crippen LogP contribution in [0.25, 0.3) is 0 Å². The summed E-state index contributed by atoms with van der Waals surface area (Å²) in [6.45, 7) is 0.161. The Balaban J connectivity index is 2.47. The van der Waals surface area contributed by atoms with Crippen LogP contribution >= 0.6 is 7.60 Å². The molecule has 0 bridgehead atoms. The maximum absolute atomic E-state index is 11.8. The van der Waals surface area contributed by atoms with Crippen molar-refractivity contribution in [1.82, 2.24) is 4.90 Å². The first kappa shape index (κ1) is 15.7. The monoisotopic (exact) mass is 287 g/mol. The van der Waals surface area contributed by atoms with E-state index in [2.05, 4.69) is 0 Å². The van der Waals surface area contributed by atoms with Gasteiger partial charge >= 0.3 is 13.7 Å². The lowest BCUT2D eigenvalue weighted by Crippen LogP contribution is -2.28. The fourth-order valence-electron chi connectivity index (χ4n) is 1.34. The van der Waals surface area contributed by atoms with Gasteiger partial charge in [0.15, 0.2) is 0 Å². The summed E-state index contributed by atoms with van der Waals surface area (Å²) in [5, 5.41) is 0. The molecule has 7 heteroatoms. The van der Waals surface area contributed by atoms with Crippen LogP contribution < -0.4 is 0 Å². The van der Waals surface area contributed by atoms with Gasteiger partial charge in [-0.25, -0.2) is 4.79 Å². The number of amides is 1. The zero-order valence-electron chi connectivity index (χ0n) is 11.2. The van der Waals surface area contributed by atoms with Crippen molar-refractivity contribution in [2.75, 3.05) is 27.6 Å². The topological polar surface area (TPSA) is 65.1 Å². The second-order valence-electron chi connectivity index (χ2n) is 3.86. The van der Waals surface area contributed by atoms with Crippen molar-refractivity contribution in [1.29, 1.82) is 0 Å². The number of benzene rings is 1. The second kappa shape index (κ2) is 7.28. The fraction of sp³-hybridized carbons (Fsp3) is 0.417. The molecule has 0 N–H and O–H groups in total. The van der Waals surface area contributed by atoms with Crippen molar-refractivity contribution in [2.24, 2.45) is 0 Å². The lowest BCUT2D eigenvalue weighted by molar-refractivity contribution is 0.107. The number of nitrogens with zero attached hydrogens (tertiary/aromatic N) is 1. The Bertz CT molecular complexity index is 443. The summed E-state index contributed by atoms with van der Waals surface area (Å²) in [5.41, 5.74) is 0.880. The highest BCUT2D eigenvalue weighted by Crippen LogP contribution is 2.46. The Hall–Kier alpha value is -1.36. The Morgan fingerprint density at radius 3 is 2.32 bits per heavy atom. The third-order valence-electron chi connectivity index (χ3n) is 2.46. The number of hydrogen-bond acceptors (Lipinski definition) is 5. The van der Waals surface area contributed by atoms with Gasteiger partial charge in [-0.15, -0.1) is 0 Å². The van der Waals surface area contributed by atoms with Crippen LogP contribution in [0.2, 0.25) is 0 Å². The molecule has 1 aromatic rings. The van der Waals surface area contributed by atoms with Crippen LogP contribution in [-0.2, 0) is 25.0 Å². The molecule has 1 amide bonds. The summed E-state index contributed by atoms with van der Waals surface area (Å²) in [6.07, 6.45) is -0.744. The molecule has 0 aromatic heterocycles. The van der Waals surface area contributed by atoms with E-state index in [9.17, 15) is 9.36 Å². The van der Waals surface area contributed by atoms with E-state index in [0.29, 0.717) is 0 Å². The smallest absolute Gasteiger partial charge is 0.410 e. The molecule has 0 saturated heterocycles. The van der Waals surface area contributed by atoms with Crippen molar-refractivity contribution >= 4 is 13.7 Å². The van der Waals surface area contributed by atoms with E-state index < -0.39 is 13.7 Å². The molecule has 106 valence electrons. The summed E-state index contributed by atoms with van der Waals surface area (Å²) in [4.78, 5) is 12.9. The van der Waals surface area contributed by atoms with E-state index in [4.69, 9.17) is 13.8 Å². The Morgan fingerprint density at radius 1 is 1.21 bits per heavy atom. The molecule has 1 aromatic carbocycles. The van der Waals surface area contributed by atoms with Gasteiger partial charge in [-0.2, -0.15) is 0 Å². The van der Waals surface area contributed by atoms with E-state index in [1.54, 1.807) is 0 Å². The molecule has 0 aliphatic heterocycles. The molecule has 0 atom stereocenters. The molecule has 19 heavy (non-hydrogen) atoms. The molecule has 0 aliphatic carbocycles. The van der Waals surface area contributed by atoms with Gasteiger partial charge < -0.3 is 13.8 Å². The van der Waals surface area contributed by atoms with Gasteiger partial charge in [0.1, 0.15) is 12.9 Å². The third-order valence-corrected chi connectivity index (χ3v) is 4.34. The number of ether oxygens (including phenoxy) is 1. The molecule has 0 heterocycles. The van der Waals surface area contributed by atoms with Gasteiger partial charge in [-0.05, 0) is 5.56 Å². The van der Waals surface area contributed by atoms with E-state index in [1.165, 1.54) is 21.3 Å². The molecule has 6 nitrogen and oxygen atoms in total. The lowest BCUT2D eigenvalue weighted by atomic mass is 10.2. The fourth-order valence-corrected chi connectivity index (χ4v) is 2.35. The van der Waals surface area contributed by atoms with Gasteiger partial charge in [0, 0.05) is 21.3 Å². The zero-order valence-corrected chi connectivity index (χ0v) is 12.1. The van der Waals surface area contributed by atoms with Crippen molar-refractivity contribution in [2.45, 2.75) is 6.61 Å². The molecular weight excluding hydrogens is 269 g/mol. The SMILES string of the molecule is COP(=O)(CN(C)C(=O)OCc1ccccc1)OC. The molecule has 0 aliphatic rings. The number of carbonyl (C=O) groups excluding carboxylic acids is 1. The minimum Gasteiger partial charge on any atom is -0.445 e. The van der Waals surface area contributed by atoms with Gasteiger partial charge in [0.2, 0.25) is 0 Å². The maximum Gasteiger partial charge on any atom is 0.410 e. The van der Waals surface area contributed by atoms with Crippen LogP contribution in [0.4, 0.5) is 4.79 Å². The largest absolute Gasteiger partial charge is 0.445 e. The van der Waals surface area contributed by atoms with Crippen molar-refractivity contribution in [3.8, 4) is 0 Å². The minimum absolute atomic E-state index is 0.159. The maximum atomic E-state index is 11.8. The molecule has 0 unspecified atom stereocenters. The first-order valence-electron chi connectivity index (χ1n) is 5.63. The quantitative estimate of drug-likeness (QED) is 0.753. The second-order valence-corrected chi connectivity index (χ2v) is 6.09. The highest BCUT2D eigenvalue weighted by Gasteiger charge is 2.26. The summed E-state index contributed by atoms with van der Waals surface area (Å²) in [7, 11) is 0.751. The highest BCUT2D eigenvalue weighted by atomic mass is 31.2. The van der Waals surface area contributed by atoms with Gasteiger partial charge in [0.05, 0.1) is 0 Å². The summed E-state index contributed by atoms with van der Waals surface area (Å²) < 4.78 is 26.4. The standard InChI is InChI=1S/C12H18NO5P/c1-13(10-19(15,16-2)17-3)12(14)18-9-11-7-5-4-6-8-11/h4-8H,9-10H2,1-3H3.